The van der Waals surface area contributed by atoms with Gasteiger partial charge in [-0.25, -0.2) is 0 Å². The van der Waals surface area contributed by atoms with Crippen LogP contribution < -0.4 is 14.8 Å². The highest BCUT2D eigenvalue weighted by atomic mass is 16.5. The number of ether oxygens (including phenoxy) is 2. The van der Waals surface area contributed by atoms with Crippen molar-refractivity contribution in [3.63, 3.8) is 0 Å². The number of nitrogens with one attached hydrogen (secondary N) is 1. The average Bonchev–Trinajstić information content (AvgIpc) is 2.84. The van der Waals surface area contributed by atoms with Crippen LogP contribution in [-0.4, -0.2) is 31.5 Å². The van der Waals surface area contributed by atoms with Crippen LogP contribution in [0, 0.1) is 5.92 Å². The molecule has 0 fully saturated rings. The van der Waals surface area contributed by atoms with Crippen molar-refractivity contribution >= 4 is 0 Å². The SMILES string of the molecule is CCC(CCO)CNCc1cc2c(cc1OC)CC(C)O2. The molecule has 2 unspecified atom stereocenters. The van der Waals surface area contributed by atoms with Crippen LogP contribution in [0.15, 0.2) is 12.1 Å². The topological polar surface area (TPSA) is 50.7 Å². The van der Waals surface area contributed by atoms with Gasteiger partial charge in [-0.05, 0) is 37.9 Å². The summed E-state index contributed by atoms with van der Waals surface area (Å²) in [5.41, 5.74) is 2.36. The molecule has 118 valence electrons. The fourth-order valence-electron chi connectivity index (χ4n) is 2.85. The molecule has 1 aliphatic rings. The first-order chi connectivity index (χ1) is 10.2. The molecule has 0 amide bonds. The van der Waals surface area contributed by atoms with Crippen LogP contribution in [0.25, 0.3) is 0 Å². The third kappa shape index (κ3) is 4.11. The van der Waals surface area contributed by atoms with Gasteiger partial charge in [0.2, 0.25) is 0 Å². The second kappa shape index (κ2) is 7.66. The van der Waals surface area contributed by atoms with Crippen molar-refractivity contribution in [2.45, 2.75) is 45.8 Å². The standard InChI is InChI=1S/C17H27NO3/c1-4-13(5-6-19)10-18-11-15-9-17-14(7-12(2)21-17)8-16(15)20-3/h8-9,12-13,18-19H,4-7,10-11H2,1-3H3. The first kappa shape index (κ1) is 16.1. The molecule has 0 aliphatic carbocycles. The molecule has 0 saturated carbocycles. The minimum atomic E-state index is 0.252. The molecule has 0 aromatic heterocycles. The predicted molar refractivity (Wildman–Crippen MR) is 84.0 cm³/mol. The Morgan fingerprint density at radius 1 is 1.48 bits per heavy atom. The van der Waals surface area contributed by atoms with E-state index in [-0.39, 0.29) is 12.7 Å². The van der Waals surface area contributed by atoms with Gasteiger partial charge in [0.25, 0.3) is 0 Å². The summed E-state index contributed by atoms with van der Waals surface area (Å²) < 4.78 is 11.3. The smallest absolute Gasteiger partial charge is 0.123 e. The Morgan fingerprint density at radius 3 is 2.95 bits per heavy atom. The summed E-state index contributed by atoms with van der Waals surface area (Å²) in [6, 6.07) is 4.19. The van der Waals surface area contributed by atoms with Crippen molar-refractivity contribution in [2.75, 3.05) is 20.3 Å². The van der Waals surface area contributed by atoms with Gasteiger partial charge >= 0.3 is 0 Å². The summed E-state index contributed by atoms with van der Waals surface area (Å²) in [6.07, 6.45) is 3.14. The maximum atomic E-state index is 9.03. The van der Waals surface area contributed by atoms with E-state index in [2.05, 4.69) is 31.3 Å². The van der Waals surface area contributed by atoms with Gasteiger partial charge in [0, 0.05) is 30.7 Å². The monoisotopic (exact) mass is 293 g/mol. The molecule has 1 aromatic rings. The van der Waals surface area contributed by atoms with Crippen LogP contribution in [-0.2, 0) is 13.0 Å². The van der Waals surface area contributed by atoms with Crippen molar-refractivity contribution in [1.29, 1.82) is 0 Å². The lowest BCUT2D eigenvalue weighted by atomic mass is 10.0. The van der Waals surface area contributed by atoms with Crippen molar-refractivity contribution in [3.8, 4) is 11.5 Å². The van der Waals surface area contributed by atoms with Crippen LogP contribution in [0.5, 0.6) is 11.5 Å². The lowest BCUT2D eigenvalue weighted by Gasteiger charge is -2.16. The lowest BCUT2D eigenvalue weighted by Crippen LogP contribution is -2.23. The number of aliphatic hydroxyl groups excluding tert-OH is 1. The van der Waals surface area contributed by atoms with Crippen molar-refractivity contribution < 1.29 is 14.6 Å². The minimum Gasteiger partial charge on any atom is -0.496 e. The highest BCUT2D eigenvalue weighted by Gasteiger charge is 2.21. The van der Waals surface area contributed by atoms with Gasteiger partial charge in [-0.2, -0.15) is 0 Å². The van der Waals surface area contributed by atoms with Crippen LogP contribution in [0.1, 0.15) is 37.8 Å². The molecule has 0 bridgehead atoms. The number of benzene rings is 1. The second-order valence-corrected chi connectivity index (χ2v) is 5.82. The number of hydrogen-bond donors (Lipinski definition) is 2. The number of rotatable bonds is 8. The van der Waals surface area contributed by atoms with E-state index in [0.29, 0.717) is 5.92 Å². The average molecular weight is 293 g/mol. The van der Waals surface area contributed by atoms with E-state index < -0.39 is 0 Å². The maximum Gasteiger partial charge on any atom is 0.123 e. The molecule has 0 spiro atoms. The zero-order valence-corrected chi connectivity index (χ0v) is 13.3. The summed E-state index contributed by atoms with van der Waals surface area (Å²) in [4.78, 5) is 0. The Balaban J connectivity index is 1.98. The molecule has 0 radical (unpaired) electrons. The number of aliphatic hydroxyl groups is 1. The molecular weight excluding hydrogens is 266 g/mol. The zero-order valence-electron chi connectivity index (χ0n) is 13.3. The molecule has 21 heavy (non-hydrogen) atoms. The van der Waals surface area contributed by atoms with Crippen molar-refractivity contribution in [2.24, 2.45) is 5.92 Å². The number of fused-ring (bicyclic) bond motifs is 1. The zero-order chi connectivity index (χ0) is 15.2. The normalized spacial score (nSPS) is 18.2. The van der Waals surface area contributed by atoms with Crippen molar-refractivity contribution in [3.05, 3.63) is 23.3 Å². The summed E-state index contributed by atoms with van der Waals surface area (Å²) >= 11 is 0. The number of hydrogen-bond acceptors (Lipinski definition) is 4. The van der Waals surface area contributed by atoms with Gasteiger partial charge in [-0.1, -0.05) is 13.3 Å². The Hall–Kier alpha value is -1.26. The first-order valence-corrected chi connectivity index (χ1v) is 7.85. The molecule has 1 aliphatic heterocycles. The van der Waals surface area contributed by atoms with Gasteiger partial charge in [-0.3, -0.25) is 0 Å². The summed E-state index contributed by atoms with van der Waals surface area (Å²) in [7, 11) is 1.71. The number of methoxy groups -OCH3 is 1. The van der Waals surface area contributed by atoms with Gasteiger partial charge in [0.15, 0.2) is 0 Å². The van der Waals surface area contributed by atoms with E-state index in [1.165, 1.54) is 5.56 Å². The fraction of sp³-hybridized carbons (Fsp3) is 0.647. The Labute approximate surface area is 127 Å². The van der Waals surface area contributed by atoms with Gasteiger partial charge in [0.05, 0.1) is 7.11 Å². The van der Waals surface area contributed by atoms with Gasteiger partial charge < -0.3 is 19.9 Å². The highest BCUT2D eigenvalue weighted by Crippen LogP contribution is 2.34. The van der Waals surface area contributed by atoms with E-state index in [4.69, 9.17) is 14.6 Å². The van der Waals surface area contributed by atoms with Crippen LogP contribution >= 0.6 is 0 Å². The van der Waals surface area contributed by atoms with Crippen LogP contribution in [0.4, 0.5) is 0 Å². The third-order valence-corrected chi connectivity index (χ3v) is 4.16. The second-order valence-electron chi connectivity index (χ2n) is 5.82. The maximum absolute atomic E-state index is 9.03. The minimum absolute atomic E-state index is 0.252. The van der Waals surface area contributed by atoms with Crippen LogP contribution in [0.3, 0.4) is 0 Å². The molecule has 1 heterocycles. The van der Waals surface area contributed by atoms with E-state index in [0.717, 1.165) is 49.4 Å². The first-order valence-electron chi connectivity index (χ1n) is 7.85. The van der Waals surface area contributed by atoms with Gasteiger partial charge in [0.1, 0.15) is 17.6 Å². The summed E-state index contributed by atoms with van der Waals surface area (Å²) in [5, 5.41) is 12.5. The molecule has 2 atom stereocenters. The van der Waals surface area contributed by atoms with E-state index in [9.17, 15) is 0 Å². The molecule has 2 N–H and O–H groups in total. The lowest BCUT2D eigenvalue weighted by molar-refractivity contribution is 0.251. The van der Waals surface area contributed by atoms with Crippen LogP contribution in [0.2, 0.25) is 0 Å². The molecule has 4 nitrogen and oxygen atoms in total. The Kier molecular flexibility index (Phi) is 5.88. The van der Waals surface area contributed by atoms with E-state index in [1.54, 1.807) is 7.11 Å². The molecule has 4 heteroatoms. The highest BCUT2D eigenvalue weighted by molar-refractivity contribution is 5.48. The molecular formula is C17H27NO3. The molecule has 0 saturated heterocycles. The summed E-state index contributed by atoms with van der Waals surface area (Å²) in [6.45, 7) is 6.18. The van der Waals surface area contributed by atoms with E-state index in [1.807, 2.05) is 0 Å². The Bertz CT molecular complexity index is 462. The third-order valence-electron chi connectivity index (χ3n) is 4.16. The quantitative estimate of drug-likeness (QED) is 0.773. The molecule has 2 rings (SSSR count). The Morgan fingerprint density at radius 2 is 2.29 bits per heavy atom. The van der Waals surface area contributed by atoms with Gasteiger partial charge in [-0.15, -0.1) is 0 Å². The molecule has 1 aromatic carbocycles. The van der Waals surface area contributed by atoms with Crippen molar-refractivity contribution in [1.82, 2.24) is 5.32 Å². The predicted octanol–water partition coefficient (Wildman–Crippen LogP) is 2.52. The largest absolute Gasteiger partial charge is 0.496 e. The summed E-state index contributed by atoms with van der Waals surface area (Å²) in [5.74, 6) is 2.43. The van der Waals surface area contributed by atoms with E-state index >= 15 is 0 Å². The fourth-order valence-corrected chi connectivity index (χ4v) is 2.85.